The molecule has 1 heterocycles. The molecule has 0 amide bonds. The minimum absolute atomic E-state index is 0.820. The summed E-state index contributed by atoms with van der Waals surface area (Å²) in [5, 5.41) is 0. The molecule has 2 heteroatoms. The molecule has 25 heavy (non-hydrogen) atoms. The summed E-state index contributed by atoms with van der Waals surface area (Å²) in [5.41, 5.74) is 5.69. The Morgan fingerprint density at radius 3 is 2.16 bits per heavy atom. The average Bonchev–Trinajstić information content (AvgIpc) is 3.03. The van der Waals surface area contributed by atoms with E-state index in [1.54, 1.807) is 0 Å². The standard InChI is InChI=1S/C23H25NO/c1-4-5-6-22-24-23(20-14-9-18(3)10-15-20)21(25-22)16-13-19-11-7-17(2)8-12-19/h7-16H,4-6H2,1-3H3/b16-13+. The normalized spacial score (nSPS) is 11.3. The molecule has 0 spiro atoms. The Labute approximate surface area is 150 Å². The zero-order chi connectivity index (χ0) is 17.6. The van der Waals surface area contributed by atoms with Crippen molar-refractivity contribution in [3.63, 3.8) is 0 Å². The first kappa shape index (κ1) is 17.2. The van der Waals surface area contributed by atoms with E-state index in [1.165, 1.54) is 11.1 Å². The Morgan fingerprint density at radius 1 is 0.880 bits per heavy atom. The van der Waals surface area contributed by atoms with Crippen LogP contribution in [0.25, 0.3) is 23.4 Å². The number of aromatic nitrogens is 1. The van der Waals surface area contributed by atoms with Gasteiger partial charge in [-0.25, -0.2) is 4.98 Å². The van der Waals surface area contributed by atoms with Crippen LogP contribution in [0, 0.1) is 13.8 Å². The molecule has 0 unspecified atom stereocenters. The second-order valence-corrected chi connectivity index (χ2v) is 6.53. The van der Waals surface area contributed by atoms with Crippen molar-refractivity contribution >= 4 is 12.2 Å². The molecule has 0 fully saturated rings. The number of oxazole rings is 1. The van der Waals surface area contributed by atoms with Crippen molar-refractivity contribution in [1.82, 2.24) is 4.98 Å². The molecule has 1 aromatic heterocycles. The molecule has 0 saturated carbocycles. The van der Waals surface area contributed by atoms with Crippen LogP contribution in [-0.2, 0) is 6.42 Å². The molecule has 0 N–H and O–H groups in total. The van der Waals surface area contributed by atoms with Crippen LogP contribution in [0.3, 0.4) is 0 Å². The summed E-state index contributed by atoms with van der Waals surface area (Å²) >= 11 is 0. The molecule has 0 aliphatic heterocycles. The third kappa shape index (κ3) is 4.48. The Bertz CT molecular complexity index is 839. The van der Waals surface area contributed by atoms with E-state index < -0.39 is 0 Å². The van der Waals surface area contributed by atoms with Gasteiger partial charge in [-0.15, -0.1) is 0 Å². The van der Waals surface area contributed by atoms with E-state index in [0.717, 1.165) is 47.7 Å². The lowest BCUT2D eigenvalue weighted by Gasteiger charge is -1.99. The van der Waals surface area contributed by atoms with Gasteiger partial charge in [0.05, 0.1) is 0 Å². The van der Waals surface area contributed by atoms with E-state index in [4.69, 9.17) is 9.40 Å². The van der Waals surface area contributed by atoms with E-state index in [-0.39, 0.29) is 0 Å². The first-order chi connectivity index (χ1) is 12.2. The van der Waals surface area contributed by atoms with Crippen molar-refractivity contribution in [2.45, 2.75) is 40.0 Å². The van der Waals surface area contributed by atoms with E-state index in [1.807, 2.05) is 6.08 Å². The summed E-state index contributed by atoms with van der Waals surface area (Å²) in [6.45, 7) is 6.37. The first-order valence-electron chi connectivity index (χ1n) is 8.97. The van der Waals surface area contributed by atoms with Crippen LogP contribution in [0.4, 0.5) is 0 Å². The SMILES string of the molecule is CCCCc1nc(-c2ccc(C)cc2)c(/C=C/c2ccc(C)cc2)o1. The Kier molecular flexibility index (Phi) is 5.49. The van der Waals surface area contributed by atoms with Crippen molar-refractivity contribution in [2.75, 3.05) is 0 Å². The first-order valence-corrected chi connectivity index (χ1v) is 8.97. The molecule has 0 bridgehead atoms. The van der Waals surface area contributed by atoms with Crippen molar-refractivity contribution in [1.29, 1.82) is 0 Å². The number of aryl methyl sites for hydroxylation is 3. The number of unbranched alkanes of at least 4 members (excludes halogenated alkanes) is 1. The van der Waals surface area contributed by atoms with Gasteiger partial charge in [-0.2, -0.15) is 0 Å². The molecular formula is C23H25NO. The number of benzene rings is 2. The van der Waals surface area contributed by atoms with Gasteiger partial charge in [-0.3, -0.25) is 0 Å². The largest absolute Gasteiger partial charge is 0.441 e. The van der Waals surface area contributed by atoms with Crippen molar-refractivity contribution in [2.24, 2.45) is 0 Å². The fourth-order valence-corrected chi connectivity index (χ4v) is 2.69. The van der Waals surface area contributed by atoms with Crippen LogP contribution in [0.15, 0.2) is 52.9 Å². The maximum atomic E-state index is 6.05. The minimum atomic E-state index is 0.820. The molecule has 0 aliphatic carbocycles. The minimum Gasteiger partial charge on any atom is -0.441 e. The van der Waals surface area contributed by atoms with Crippen molar-refractivity contribution in [3.05, 3.63) is 76.9 Å². The molecule has 0 aliphatic rings. The molecule has 2 nitrogen and oxygen atoms in total. The summed E-state index contributed by atoms with van der Waals surface area (Å²) in [4.78, 5) is 4.76. The van der Waals surface area contributed by atoms with E-state index in [2.05, 4.69) is 75.4 Å². The van der Waals surface area contributed by atoms with Crippen LogP contribution < -0.4 is 0 Å². The molecule has 2 aromatic carbocycles. The maximum absolute atomic E-state index is 6.05. The summed E-state index contributed by atoms with van der Waals surface area (Å²) < 4.78 is 6.05. The van der Waals surface area contributed by atoms with Gasteiger partial charge in [-0.05, 0) is 31.9 Å². The van der Waals surface area contributed by atoms with Crippen molar-refractivity contribution in [3.8, 4) is 11.3 Å². The lowest BCUT2D eigenvalue weighted by atomic mass is 10.1. The van der Waals surface area contributed by atoms with Crippen LogP contribution in [-0.4, -0.2) is 4.98 Å². The van der Waals surface area contributed by atoms with Gasteiger partial charge in [0.1, 0.15) is 5.69 Å². The molecular weight excluding hydrogens is 306 g/mol. The highest BCUT2D eigenvalue weighted by Gasteiger charge is 2.12. The van der Waals surface area contributed by atoms with Crippen LogP contribution >= 0.6 is 0 Å². The number of hydrogen-bond donors (Lipinski definition) is 0. The van der Waals surface area contributed by atoms with Gasteiger partial charge in [0, 0.05) is 12.0 Å². The second kappa shape index (κ2) is 7.98. The van der Waals surface area contributed by atoms with E-state index in [0.29, 0.717) is 0 Å². The monoisotopic (exact) mass is 331 g/mol. The Morgan fingerprint density at radius 2 is 1.52 bits per heavy atom. The van der Waals surface area contributed by atoms with Gasteiger partial charge < -0.3 is 4.42 Å². The highest BCUT2D eigenvalue weighted by Crippen LogP contribution is 2.27. The molecule has 0 atom stereocenters. The molecule has 3 rings (SSSR count). The highest BCUT2D eigenvalue weighted by atomic mass is 16.4. The predicted octanol–water partition coefficient (Wildman–Crippen LogP) is 6.47. The Balaban J connectivity index is 1.93. The third-order valence-corrected chi connectivity index (χ3v) is 4.27. The molecule has 3 aromatic rings. The van der Waals surface area contributed by atoms with Crippen LogP contribution in [0.2, 0.25) is 0 Å². The zero-order valence-electron chi connectivity index (χ0n) is 15.3. The maximum Gasteiger partial charge on any atom is 0.195 e. The van der Waals surface area contributed by atoms with Crippen LogP contribution in [0.1, 0.15) is 48.1 Å². The van der Waals surface area contributed by atoms with Crippen molar-refractivity contribution < 1.29 is 4.42 Å². The molecule has 128 valence electrons. The topological polar surface area (TPSA) is 26.0 Å². The third-order valence-electron chi connectivity index (χ3n) is 4.27. The fraction of sp³-hybridized carbons (Fsp3) is 0.261. The number of rotatable bonds is 6. The fourth-order valence-electron chi connectivity index (χ4n) is 2.69. The predicted molar refractivity (Wildman–Crippen MR) is 105 cm³/mol. The number of nitrogens with zero attached hydrogens (tertiary/aromatic N) is 1. The van der Waals surface area contributed by atoms with Gasteiger partial charge in [0.2, 0.25) is 0 Å². The Hall–Kier alpha value is -2.61. The van der Waals surface area contributed by atoms with Gasteiger partial charge in [0.25, 0.3) is 0 Å². The van der Waals surface area contributed by atoms with Gasteiger partial charge in [0.15, 0.2) is 11.7 Å². The lowest BCUT2D eigenvalue weighted by Crippen LogP contribution is -1.85. The second-order valence-electron chi connectivity index (χ2n) is 6.53. The number of hydrogen-bond acceptors (Lipinski definition) is 2. The van der Waals surface area contributed by atoms with Gasteiger partial charge >= 0.3 is 0 Å². The highest BCUT2D eigenvalue weighted by molar-refractivity contribution is 5.76. The summed E-state index contributed by atoms with van der Waals surface area (Å²) in [5.74, 6) is 1.65. The molecule has 0 radical (unpaired) electrons. The average molecular weight is 331 g/mol. The van der Waals surface area contributed by atoms with E-state index >= 15 is 0 Å². The van der Waals surface area contributed by atoms with Gasteiger partial charge in [-0.1, -0.05) is 79.1 Å². The van der Waals surface area contributed by atoms with E-state index in [9.17, 15) is 0 Å². The lowest BCUT2D eigenvalue weighted by molar-refractivity contribution is 0.479. The summed E-state index contributed by atoms with van der Waals surface area (Å²) in [6.07, 6.45) is 7.23. The smallest absolute Gasteiger partial charge is 0.195 e. The van der Waals surface area contributed by atoms with Crippen LogP contribution in [0.5, 0.6) is 0 Å². The summed E-state index contributed by atoms with van der Waals surface area (Å²) in [7, 11) is 0. The summed E-state index contributed by atoms with van der Waals surface area (Å²) in [6, 6.07) is 16.9. The molecule has 0 saturated heterocycles. The quantitative estimate of drug-likeness (QED) is 0.517. The zero-order valence-corrected chi connectivity index (χ0v) is 15.3.